The molecule has 7 aromatic carbocycles. The topological polar surface area (TPSA) is 38.7 Å². The molecule has 0 aliphatic rings. The molecule has 0 fully saturated rings. The molecule has 0 saturated heterocycles. The lowest BCUT2D eigenvalue weighted by Gasteiger charge is -2.13. The molecule has 0 unspecified atom stereocenters. The van der Waals surface area contributed by atoms with Gasteiger partial charge in [-0.3, -0.25) is 0 Å². The molecule has 0 aliphatic carbocycles. The maximum Gasteiger partial charge on any atom is 0.164 e. The van der Waals surface area contributed by atoms with Gasteiger partial charge < -0.3 is 0 Å². The second-order valence-corrected chi connectivity index (χ2v) is 11.3. The molecule has 8 aromatic rings. The SMILES string of the molecule is c1ccc(-c2ccc(-c3ccccc3-c3nc(-c4ccccc4)nc(-c4cccc(-c5cccc6ccccc56)c4)n3)cc2)cc1. The average Bonchev–Trinajstić information content (AvgIpc) is 3.15. The Balaban J connectivity index is 1.26. The van der Waals surface area contributed by atoms with Crippen molar-refractivity contribution in [2.75, 3.05) is 0 Å². The normalized spacial score (nSPS) is 11.0. The predicted octanol–water partition coefficient (Wildman–Crippen LogP) is 11.0. The first-order valence-electron chi connectivity index (χ1n) is 15.5. The average molecular weight is 588 g/mol. The first-order valence-corrected chi connectivity index (χ1v) is 15.5. The molecule has 0 saturated carbocycles. The van der Waals surface area contributed by atoms with E-state index in [0.717, 1.165) is 33.4 Å². The monoisotopic (exact) mass is 587 g/mol. The summed E-state index contributed by atoms with van der Waals surface area (Å²) in [5.74, 6) is 1.92. The molecule has 0 spiro atoms. The minimum absolute atomic E-state index is 0.639. The van der Waals surface area contributed by atoms with Crippen LogP contribution < -0.4 is 0 Å². The molecule has 3 nitrogen and oxygen atoms in total. The van der Waals surface area contributed by atoms with Crippen LogP contribution in [0.25, 0.3) is 78.3 Å². The second-order valence-electron chi connectivity index (χ2n) is 11.3. The van der Waals surface area contributed by atoms with Gasteiger partial charge in [-0.15, -0.1) is 0 Å². The van der Waals surface area contributed by atoms with Crippen LogP contribution >= 0.6 is 0 Å². The van der Waals surface area contributed by atoms with Gasteiger partial charge in [-0.1, -0.05) is 170 Å². The Morgan fingerprint density at radius 2 is 0.739 bits per heavy atom. The molecule has 8 rings (SSSR count). The van der Waals surface area contributed by atoms with E-state index in [4.69, 9.17) is 15.0 Å². The fourth-order valence-electron chi connectivity index (χ4n) is 6.05. The fraction of sp³-hybridized carbons (Fsp3) is 0. The smallest absolute Gasteiger partial charge is 0.164 e. The molecular weight excluding hydrogens is 558 g/mol. The number of rotatable bonds is 6. The number of hydrogen-bond donors (Lipinski definition) is 0. The first-order chi connectivity index (χ1) is 22.8. The standard InChI is InChI=1S/C43H29N3/c1-3-13-30(14-4-1)31-25-27-33(28-26-31)38-22-9-10-23-40(38)43-45-41(34-16-5-2-6-17-34)44-42(46-43)36-20-11-19-35(29-36)39-24-12-18-32-15-7-8-21-37(32)39/h1-29H. The summed E-state index contributed by atoms with van der Waals surface area (Å²) in [6.45, 7) is 0. The van der Waals surface area contributed by atoms with Crippen molar-refractivity contribution in [3.63, 3.8) is 0 Å². The highest BCUT2D eigenvalue weighted by atomic mass is 15.0. The highest BCUT2D eigenvalue weighted by Crippen LogP contribution is 2.35. The molecule has 1 heterocycles. The van der Waals surface area contributed by atoms with Crippen LogP contribution in [0.2, 0.25) is 0 Å². The van der Waals surface area contributed by atoms with Gasteiger partial charge in [0.05, 0.1) is 0 Å². The number of fused-ring (bicyclic) bond motifs is 1. The molecule has 216 valence electrons. The van der Waals surface area contributed by atoms with Gasteiger partial charge in [0, 0.05) is 16.7 Å². The van der Waals surface area contributed by atoms with Crippen LogP contribution in [0.15, 0.2) is 176 Å². The van der Waals surface area contributed by atoms with E-state index in [1.54, 1.807) is 0 Å². The first kappa shape index (κ1) is 27.4. The minimum atomic E-state index is 0.639. The van der Waals surface area contributed by atoms with Crippen LogP contribution in [0.4, 0.5) is 0 Å². The third kappa shape index (κ3) is 5.36. The number of nitrogens with zero attached hydrogens (tertiary/aromatic N) is 3. The molecule has 0 amide bonds. The van der Waals surface area contributed by atoms with Crippen LogP contribution in [0.1, 0.15) is 0 Å². The number of aromatic nitrogens is 3. The van der Waals surface area contributed by atoms with E-state index in [0.29, 0.717) is 17.5 Å². The maximum atomic E-state index is 5.13. The summed E-state index contributed by atoms with van der Waals surface area (Å²) < 4.78 is 0. The van der Waals surface area contributed by atoms with Gasteiger partial charge in [-0.05, 0) is 50.2 Å². The molecule has 0 bridgehead atoms. The van der Waals surface area contributed by atoms with Crippen molar-refractivity contribution in [2.45, 2.75) is 0 Å². The Bertz CT molecular complexity index is 2290. The molecule has 0 atom stereocenters. The van der Waals surface area contributed by atoms with Gasteiger partial charge in [0.25, 0.3) is 0 Å². The van der Waals surface area contributed by atoms with Crippen molar-refractivity contribution in [3.05, 3.63) is 176 Å². The van der Waals surface area contributed by atoms with Gasteiger partial charge in [-0.25, -0.2) is 15.0 Å². The second kappa shape index (κ2) is 12.1. The zero-order valence-electron chi connectivity index (χ0n) is 25.1. The summed E-state index contributed by atoms with van der Waals surface area (Å²) in [6, 6.07) is 61.1. The van der Waals surface area contributed by atoms with E-state index in [2.05, 4.69) is 133 Å². The Hall–Kier alpha value is -6.19. The Kier molecular flexibility index (Phi) is 7.18. The largest absolute Gasteiger partial charge is 0.208 e. The number of benzene rings is 7. The van der Waals surface area contributed by atoms with Gasteiger partial charge in [0.15, 0.2) is 17.5 Å². The van der Waals surface area contributed by atoms with E-state index in [1.807, 2.05) is 42.5 Å². The molecule has 0 aliphatic heterocycles. The van der Waals surface area contributed by atoms with E-state index >= 15 is 0 Å². The third-order valence-corrected chi connectivity index (χ3v) is 8.36. The fourth-order valence-corrected chi connectivity index (χ4v) is 6.05. The summed E-state index contributed by atoms with van der Waals surface area (Å²) in [5.41, 5.74) is 9.71. The van der Waals surface area contributed by atoms with Crippen LogP contribution in [0.5, 0.6) is 0 Å². The maximum absolute atomic E-state index is 5.13. The van der Waals surface area contributed by atoms with Crippen molar-refractivity contribution >= 4 is 10.8 Å². The van der Waals surface area contributed by atoms with E-state index in [9.17, 15) is 0 Å². The van der Waals surface area contributed by atoms with Crippen LogP contribution in [-0.4, -0.2) is 15.0 Å². The Morgan fingerprint density at radius 3 is 1.52 bits per heavy atom. The third-order valence-electron chi connectivity index (χ3n) is 8.36. The van der Waals surface area contributed by atoms with Gasteiger partial charge >= 0.3 is 0 Å². The summed E-state index contributed by atoms with van der Waals surface area (Å²) in [6.07, 6.45) is 0. The van der Waals surface area contributed by atoms with Crippen molar-refractivity contribution in [2.24, 2.45) is 0 Å². The van der Waals surface area contributed by atoms with Crippen LogP contribution in [0.3, 0.4) is 0 Å². The molecule has 3 heteroatoms. The van der Waals surface area contributed by atoms with Crippen molar-refractivity contribution in [3.8, 4) is 67.5 Å². The lowest BCUT2D eigenvalue weighted by molar-refractivity contribution is 1.07. The molecule has 0 N–H and O–H groups in total. The van der Waals surface area contributed by atoms with Gasteiger partial charge in [-0.2, -0.15) is 0 Å². The van der Waals surface area contributed by atoms with Crippen molar-refractivity contribution in [1.82, 2.24) is 15.0 Å². The van der Waals surface area contributed by atoms with Crippen LogP contribution in [-0.2, 0) is 0 Å². The Labute approximate surface area is 268 Å². The lowest BCUT2D eigenvalue weighted by atomic mass is 9.96. The molecule has 0 radical (unpaired) electrons. The summed E-state index contributed by atoms with van der Waals surface area (Å²) in [7, 11) is 0. The summed E-state index contributed by atoms with van der Waals surface area (Å²) in [4.78, 5) is 15.2. The number of hydrogen-bond acceptors (Lipinski definition) is 3. The van der Waals surface area contributed by atoms with Gasteiger partial charge in [0.2, 0.25) is 0 Å². The van der Waals surface area contributed by atoms with Crippen molar-refractivity contribution in [1.29, 1.82) is 0 Å². The molecular formula is C43H29N3. The van der Waals surface area contributed by atoms with E-state index < -0.39 is 0 Å². The minimum Gasteiger partial charge on any atom is -0.208 e. The molecule has 1 aromatic heterocycles. The zero-order valence-corrected chi connectivity index (χ0v) is 25.1. The lowest BCUT2D eigenvalue weighted by Crippen LogP contribution is -2.01. The van der Waals surface area contributed by atoms with E-state index in [-0.39, 0.29) is 0 Å². The van der Waals surface area contributed by atoms with E-state index in [1.165, 1.54) is 27.5 Å². The summed E-state index contributed by atoms with van der Waals surface area (Å²) in [5, 5.41) is 2.43. The Morgan fingerprint density at radius 1 is 0.261 bits per heavy atom. The van der Waals surface area contributed by atoms with Crippen LogP contribution in [0, 0.1) is 0 Å². The highest BCUT2D eigenvalue weighted by molar-refractivity contribution is 5.97. The van der Waals surface area contributed by atoms with Crippen molar-refractivity contribution < 1.29 is 0 Å². The summed E-state index contributed by atoms with van der Waals surface area (Å²) >= 11 is 0. The predicted molar refractivity (Wildman–Crippen MR) is 190 cm³/mol. The highest BCUT2D eigenvalue weighted by Gasteiger charge is 2.16. The molecule has 46 heavy (non-hydrogen) atoms. The zero-order chi connectivity index (χ0) is 30.7. The van der Waals surface area contributed by atoms with Gasteiger partial charge in [0.1, 0.15) is 0 Å². The quantitative estimate of drug-likeness (QED) is 0.194.